The van der Waals surface area contributed by atoms with Gasteiger partial charge < -0.3 is 15.8 Å². The quantitative estimate of drug-likeness (QED) is 0.270. The normalized spacial score (nSPS) is 16.9. The van der Waals surface area contributed by atoms with E-state index in [1.54, 1.807) is 20.8 Å². The lowest BCUT2D eigenvalue weighted by atomic mass is 9.75. The van der Waals surface area contributed by atoms with E-state index >= 15 is 0 Å². The maximum absolute atomic E-state index is 11.8. The number of nitrogens with two attached hydrogens (primary N) is 1. The van der Waals surface area contributed by atoms with E-state index in [1.807, 2.05) is 12.1 Å². The monoisotopic (exact) mass is 490 g/mol. The highest BCUT2D eigenvalue weighted by atomic mass is 16.5. The Balaban J connectivity index is 1.59. The first-order valence-electron chi connectivity index (χ1n) is 12.9. The van der Waals surface area contributed by atoms with E-state index in [0.717, 1.165) is 17.7 Å². The van der Waals surface area contributed by atoms with Gasteiger partial charge in [-0.1, -0.05) is 44.2 Å². The zero-order valence-corrected chi connectivity index (χ0v) is 22.7. The molecule has 0 atom stereocenters. The largest absolute Gasteiger partial charge is 0.442 e. The zero-order chi connectivity index (χ0) is 26.3. The first kappa shape index (κ1) is 27.6. The number of benzene rings is 2. The first-order valence-corrected chi connectivity index (χ1v) is 12.9. The Morgan fingerprint density at radius 3 is 2.56 bits per heavy atom. The lowest BCUT2D eigenvalue weighted by molar-refractivity contribution is -0.152. The van der Waals surface area contributed by atoms with Crippen LogP contribution < -0.4 is 11.1 Å². The van der Waals surface area contributed by atoms with Gasteiger partial charge in [0.05, 0.1) is 5.41 Å². The molecule has 0 bridgehead atoms. The highest BCUT2D eigenvalue weighted by Gasteiger charge is 2.26. The first-order chi connectivity index (χ1) is 16.9. The van der Waals surface area contributed by atoms with E-state index < -0.39 is 5.41 Å². The SMILES string of the molecule is Cc1cc(C(N)=N/C=N/COC(=O)C(C)(C)C)ccc1-c1cccc(CNC2CCC(C)(C)CC2)c1. The standard InChI is InChI=1S/C30H42N4O2/c1-21-16-24(27(31)34-19-32-20-36-28(35)29(2,3)4)10-11-26(21)23-9-7-8-22(17-23)18-33-25-12-14-30(5,6)15-13-25/h7-11,16-17,19,25,33H,12-15,18,20H2,1-6H3,(H2,31,32,34). The van der Waals surface area contributed by atoms with Crippen molar-refractivity contribution in [2.75, 3.05) is 6.73 Å². The van der Waals surface area contributed by atoms with Crippen LogP contribution >= 0.6 is 0 Å². The molecule has 0 unspecified atom stereocenters. The molecule has 36 heavy (non-hydrogen) atoms. The van der Waals surface area contributed by atoms with Gasteiger partial charge in [0, 0.05) is 18.2 Å². The molecule has 0 saturated heterocycles. The summed E-state index contributed by atoms with van der Waals surface area (Å²) < 4.78 is 5.10. The molecule has 1 saturated carbocycles. The van der Waals surface area contributed by atoms with E-state index in [2.05, 4.69) is 66.4 Å². The number of hydrogen-bond acceptors (Lipinski definition) is 4. The lowest BCUT2D eigenvalue weighted by Gasteiger charge is -2.34. The van der Waals surface area contributed by atoms with Gasteiger partial charge in [-0.2, -0.15) is 0 Å². The van der Waals surface area contributed by atoms with Crippen LogP contribution in [0.5, 0.6) is 0 Å². The number of amidine groups is 1. The average Bonchev–Trinajstić information content (AvgIpc) is 2.82. The Hall–Kier alpha value is -2.99. The molecule has 0 amide bonds. The Morgan fingerprint density at radius 1 is 1.17 bits per heavy atom. The third-order valence-corrected chi connectivity index (χ3v) is 6.86. The molecule has 6 nitrogen and oxygen atoms in total. The fraction of sp³-hybridized carbons (Fsp3) is 0.500. The van der Waals surface area contributed by atoms with Crippen molar-refractivity contribution >= 4 is 18.1 Å². The van der Waals surface area contributed by atoms with Crippen LogP contribution in [0.2, 0.25) is 0 Å². The summed E-state index contributed by atoms with van der Waals surface area (Å²) in [6.07, 6.45) is 6.42. The molecular weight excluding hydrogens is 448 g/mol. The summed E-state index contributed by atoms with van der Waals surface area (Å²) >= 11 is 0. The van der Waals surface area contributed by atoms with Crippen LogP contribution in [0.1, 0.15) is 77.0 Å². The Bertz CT molecular complexity index is 1100. The van der Waals surface area contributed by atoms with Crippen LogP contribution in [0.4, 0.5) is 0 Å². The number of carbonyl (C=O) groups excluding carboxylic acids is 1. The molecule has 1 aliphatic rings. The van der Waals surface area contributed by atoms with E-state index in [1.165, 1.54) is 48.7 Å². The maximum Gasteiger partial charge on any atom is 0.313 e. The van der Waals surface area contributed by atoms with E-state index in [4.69, 9.17) is 10.5 Å². The molecule has 194 valence electrons. The van der Waals surface area contributed by atoms with Crippen molar-refractivity contribution in [3.63, 3.8) is 0 Å². The second kappa shape index (κ2) is 11.8. The number of nitrogens with one attached hydrogen (secondary N) is 1. The summed E-state index contributed by atoms with van der Waals surface area (Å²) in [7, 11) is 0. The highest BCUT2D eigenvalue weighted by Crippen LogP contribution is 2.35. The summed E-state index contributed by atoms with van der Waals surface area (Å²) in [6.45, 7) is 13.0. The van der Waals surface area contributed by atoms with Gasteiger partial charge in [0.25, 0.3) is 0 Å². The third-order valence-electron chi connectivity index (χ3n) is 6.86. The summed E-state index contributed by atoms with van der Waals surface area (Å²) in [5, 5.41) is 3.76. The number of aryl methyl sites for hydroxylation is 1. The molecule has 3 rings (SSSR count). The summed E-state index contributed by atoms with van der Waals surface area (Å²) in [5.41, 5.74) is 11.7. The van der Waals surface area contributed by atoms with Gasteiger partial charge >= 0.3 is 5.97 Å². The van der Waals surface area contributed by atoms with Crippen molar-refractivity contribution in [3.05, 3.63) is 59.2 Å². The average molecular weight is 491 g/mol. The maximum atomic E-state index is 11.8. The molecule has 0 aromatic heterocycles. The van der Waals surface area contributed by atoms with Crippen LogP contribution in [0.3, 0.4) is 0 Å². The smallest absolute Gasteiger partial charge is 0.313 e. The van der Waals surface area contributed by atoms with Gasteiger partial charge in [0.2, 0.25) is 0 Å². The van der Waals surface area contributed by atoms with Crippen molar-refractivity contribution in [2.45, 2.75) is 79.8 Å². The van der Waals surface area contributed by atoms with Gasteiger partial charge in [-0.3, -0.25) is 4.79 Å². The van der Waals surface area contributed by atoms with Crippen LogP contribution in [-0.2, 0) is 16.1 Å². The van der Waals surface area contributed by atoms with Gasteiger partial charge in [-0.15, -0.1) is 0 Å². The van der Waals surface area contributed by atoms with Gasteiger partial charge in [-0.05, 0) is 93.2 Å². The molecule has 0 spiro atoms. The number of esters is 1. The van der Waals surface area contributed by atoms with Crippen LogP contribution in [-0.4, -0.2) is 30.9 Å². The van der Waals surface area contributed by atoms with E-state index in [0.29, 0.717) is 17.3 Å². The van der Waals surface area contributed by atoms with Crippen molar-refractivity contribution in [2.24, 2.45) is 26.5 Å². The summed E-state index contributed by atoms with van der Waals surface area (Å²) in [5.74, 6) is 0.0600. The van der Waals surface area contributed by atoms with Crippen molar-refractivity contribution in [1.29, 1.82) is 0 Å². The molecule has 0 heterocycles. The van der Waals surface area contributed by atoms with Gasteiger partial charge in [0.15, 0.2) is 6.73 Å². The number of hydrogen-bond donors (Lipinski definition) is 2. The van der Waals surface area contributed by atoms with Crippen LogP contribution in [0.25, 0.3) is 11.1 Å². The van der Waals surface area contributed by atoms with Gasteiger partial charge in [-0.25, -0.2) is 9.98 Å². The number of rotatable bonds is 8. The second-order valence-corrected chi connectivity index (χ2v) is 11.7. The minimum absolute atomic E-state index is 0.0746. The van der Waals surface area contributed by atoms with Crippen LogP contribution in [0, 0.1) is 17.8 Å². The predicted octanol–water partition coefficient (Wildman–Crippen LogP) is 6.00. The highest BCUT2D eigenvalue weighted by molar-refractivity contribution is 6.01. The molecule has 0 radical (unpaired) electrons. The fourth-order valence-electron chi connectivity index (χ4n) is 4.38. The number of ether oxygens (including phenoxy) is 1. The topological polar surface area (TPSA) is 89.1 Å². The van der Waals surface area contributed by atoms with Crippen molar-refractivity contribution in [3.8, 4) is 11.1 Å². The zero-order valence-electron chi connectivity index (χ0n) is 22.7. The predicted molar refractivity (Wildman–Crippen MR) is 149 cm³/mol. The lowest BCUT2D eigenvalue weighted by Crippen LogP contribution is -2.35. The number of carbonyl (C=O) groups is 1. The van der Waals surface area contributed by atoms with E-state index in [-0.39, 0.29) is 12.7 Å². The van der Waals surface area contributed by atoms with Gasteiger partial charge in [0.1, 0.15) is 12.2 Å². The second-order valence-electron chi connectivity index (χ2n) is 11.7. The molecule has 1 fully saturated rings. The van der Waals surface area contributed by atoms with Crippen molar-refractivity contribution < 1.29 is 9.53 Å². The Morgan fingerprint density at radius 2 is 1.89 bits per heavy atom. The van der Waals surface area contributed by atoms with Crippen LogP contribution in [0.15, 0.2) is 52.4 Å². The Labute approximate surface area is 216 Å². The molecule has 1 aliphatic carbocycles. The number of aliphatic imine (C=N–C) groups is 2. The van der Waals surface area contributed by atoms with E-state index in [9.17, 15) is 4.79 Å². The van der Waals surface area contributed by atoms with Crippen molar-refractivity contribution in [1.82, 2.24) is 5.32 Å². The number of nitrogens with zero attached hydrogens (tertiary/aromatic N) is 2. The third kappa shape index (κ3) is 8.02. The molecule has 3 N–H and O–H groups in total. The molecule has 2 aromatic carbocycles. The summed E-state index contributed by atoms with van der Waals surface area (Å²) in [6, 6.07) is 15.4. The molecular formula is C30H42N4O2. The molecule has 2 aromatic rings. The summed E-state index contributed by atoms with van der Waals surface area (Å²) in [4.78, 5) is 20.0. The fourth-order valence-corrected chi connectivity index (χ4v) is 4.38. The minimum Gasteiger partial charge on any atom is -0.442 e. The Kier molecular flexibility index (Phi) is 9.07. The minimum atomic E-state index is -0.556. The molecule has 0 aliphatic heterocycles. The molecule has 6 heteroatoms.